The van der Waals surface area contributed by atoms with Crippen LogP contribution in [-0.2, 0) is 10.2 Å². The molecule has 0 aliphatic rings. The molecule has 1 N–H and O–H groups in total. The first-order valence-electron chi connectivity index (χ1n) is 4.82. The van der Waals surface area contributed by atoms with Gasteiger partial charge in [0, 0.05) is 17.7 Å². The van der Waals surface area contributed by atoms with Crippen molar-refractivity contribution in [2.24, 2.45) is 0 Å². The van der Waals surface area contributed by atoms with E-state index in [2.05, 4.69) is 6.58 Å². The third-order valence-electron chi connectivity index (χ3n) is 2.58. The summed E-state index contributed by atoms with van der Waals surface area (Å²) in [6.45, 7) is 4.51. The Morgan fingerprint density at radius 2 is 1.88 bits per heavy atom. The molecule has 0 amide bonds. The van der Waals surface area contributed by atoms with Crippen LogP contribution in [0.5, 0.6) is 0 Å². The average molecular weight is 244 g/mol. The molecular weight excluding hydrogens is 233 g/mol. The lowest BCUT2D eigenvalue weighted by atomic mass is 9.79. The number of carboxylic acid groups (broad SMARTS) is 1. The van der Waals surface area contributed by atoms with Crippen molar-refractivity contribution in [3.05, 3.63) is 47.8 Å². The number of carboxylic acids is 1. The van der Waals surface area contributed by atoms with Gasteiger partial charge >= 0.3 is 5.97 Å². The smallest absolute Gasteiger partial charge is 0.314 e. The maximum absolute atomic E-state index is 13.5. The molecule has 0 radical (unpaired) electrons. The maximum atomic E-state index is 13.5. The van der Waals surface area contributed by atoms with Crippen molar-refractivity contribution >= 4 is 5.97 Å². The molecule has 0 fully saturated rings. The maximum Gasteiger partial charge on any atom is 0.314 e. The predicted molar refractivity (Wildman–Crippen MR) is 56.1 cm³/mol. The second-order valence-corrected chi connectivity index (χ2v) is 3.87. The number of allylic oxidation sites excluding steroid dienone is 1. The van der Waals surface area contributed by atoms with Crippen LogP contribution in [0.25, 0.3) is 0 Å². The van der Waals surface area contributed by atoms with Gasteiger partial charge in [-0.3, -0.25) is 4.79 Å². The minimum absolute atomic E-state index is 0.165. The fourth-order valence-electron chi connectivity index (χ4n) is 1.65. The summed E-state index contributed by atoms with van der Waals surface area (Å²) < 4.78 is 39.8. The molecule has 92 valence electrons. The van der Waals surface area contributed by atoms with Crippen molar-refractivity contribution in [1.29, 1.82) is 0 Å². The molecule has 0 heterocycles. The van der Waals surface area contributed by atoms with E-state index in [1.54, 1.807) is 0 Å². The number of benzene rings is 1. The summed E-state index contributed by atoms with van der Waals surface area (Å²) >= 11 is 0. The zero-order chi connectivity index (χ0) is 13.2. The number of halogens is 3. The summed E-state index contributed by atoms with van der Waals surface area (Å²) in [6, 6.07) is 0.922. The van der Waals surface area contributed by atoms with E-state index in [9.17, 15) is 18.0 Å². The Bertz CT molecular complexity index is 448. The Kier molecular flexibility index (Phi) is 3.60. The quantitative estimate of drug-likeness (QED) is 0.826. The van der Waals surface area contributed by atoms with E-state index in [1.807, 2.05) is 0 Å². The highest BCUT2D eigenvalue weighted by Gasteiger charge is 2.39. The molecule has 1 aromatic rings. The highest BCUT2D eigenvalue weighted by Crippen LogP contribution is 2.33. The van der Waals surface area contributed by atoms with Gasteiger partial charge in [0.25, 0.3) is 0 Å². The van der Waals surface area contributed by atoms with Crippen LogP contribution < -0.4 is 0 Å². The Balaban J connectivity index is 3.48. The van der Waals surface area contributed by atoms with Crippen molar-refractivity contribution in [3.63, 3.8) is 0 Å². The molecule has 0 saturated carbocycles. The van der Waals surface area contributed by atoms with Crippen LogP contribution in [-0.4, -0.2) is 11.1 Å². The Hall–Kier alpha value is -1.78. The van der Waals surface area contributed by atoms with E-state index in [-0.39, 0.29) is 6.42 Å². The highest BCUT2D eigenvalue weighted by atomic mass is 19.1. The van der Waals surface area contributed by atoms with Gasteiger partial charge in [0.15, 0.2) is 0 Å². The summed E-state index contributed by atoms with van der Waals surface area (Å²) in [7, 11) is 0. The molecule has 0 aromatic heterocycles. The SMILES string of the molecule is C=CCC(C)(C(=O)O)c1c(F)cc(F)cc1F. The topological polar surface area (TPSA) is 37.3 Å². The molecule has 5 heteroatoms. The van der Waals surface area contributed by atoms with Crippen LogP contribution in [0.3, 0.4) is 0 Å². The van der Waals surface area contributed by atoms with Crippen molar-refractivity contribution in [3.8, 4) is 0 Å². The van der Waals surface area contributed by atoms with E-state index in [4.69, 9.17) is 5.11 Å². The third-order valence-corrected chi connectivity index (χ3v) is 2.58. The minimum Gasteiger partial charge on any atom is -0.481 e. The van der Waals surface area contributed by atoms with Gasteiger partial charge < -0.3 is 5.11 Å². The lowest BCUT2D eigenvalue weighted by Gasteiger charge is -2.24. The normalized spacial score (nSPS) is 14.1. The average Bonchev–Trinajstić information content (AvgIpc) is 2.15. The standard InChI is InChI=1S/C12H11F3O2/c1-3-4-12(2,11(16)17)10-8(14)5-7(13)6-9(10)15/h3,5-6H,1,4H2,2H3,(H,16,17). The van der Waals surface area contributed by atoms with Crippen molar-refractivity contribution in [2.45, 2.75) is 18.8 Å². The van der Waals surface area contributed by atoms with Crippen LogP contribution in [0.15, 0.2) is 24.8 Å². The van der Waals surface area contributed by atoms with Gasteiger partial charge in [-0.1, -0.05) is 6.08 Å². The third kappa shape index (κ3) is 2.33. The molecule has 0 bridgehead atoms. The predicted octanol–water partition coefficient (Wildman–Crippen LogP) is 3.02. The lowest BCUT2D eigenvalue weighted by molar-refractivity contribution is -0.143. The van der Waals surface area contributed by atoms with Gasteiger partial charge in [0.1, 0.15) is 17.5 Å². The number of carbonyl (C=O) groups is 1. The molecule has 0 aliphatic carbocycles. The highest BCUT2D eigenvalue weighted by molar-refractivity contribution is 5.81. The van der Waals surface area contributed by atoms with Crippen molar-refractivity contribution in [2.75, 3.05) is 0 Å². The van der Waals surface area contributed by atoms with Crippen LogP contribution in [0.1, 0.15) is 18.9 Å². The fourth-order valence-corrected chi connectivity index (χ4v) is 1.65. The first-order chi connectivity index (χ1) is 7.82. The summed E-state index contributed by atoms with van der Waals surface area (Å²) in [6.07, 6.45) is 1.08. The molecule has 1 unspecified atom stereocenters. The van der Waals surface area contributed by atoms with Gasteiger partial charge in [0.2, 0.25) is 0 Å². The van der Waals surface area contributed by atoms with E-state index >= 15 is 0 Å². The minimum atomic E-state index is -1.80. The van der Waals surface area contributed by atoms with E-state index in [1.165, 1.54) is 6.08 Å². The van der Waals surface area contributed by atoms with Gasteiger partial charge in [-0.15, -0.1) is 6.58 Å². The summed E-state index contributed by atoms with van der Waals surface area (Å²) in [4.78, 5) is 11.1. The largest absolute Gasteiger partial charge is 0.481 e. The molecular formula is C12H11F3O2. The summed E-state index contributed by atoms with van der Waals surface area (Å²) in [5.41, 5.74) is -2.46. The zero-order valence-electron chi connectivity index (χ0n) is 9.14. The lowest BCUT2D eigenvalue weighted by Crippen LogP contribution is -2.34. The Morgan fingerprint density at radius 1 is 1.41 bits per heavy atom. The number of hydrogen-bond acceptors (Lipinski definition) is 1. The molecule has 1 rings (SSSR count). The van der Waals surface area contributed by atoms with E-state index in [0.29, 0.717) is 12.1 Å². The molecule has 2 nitrogen and oxygen atoms in total. The van der Waals surface area contributed by atoms with Gasteiger partial charge in [-0.05, 0) is 13.3 Å². The van der Waals surface area contributed by atoms with Crippen LogP contribution >= 0.6 is 0 Å². The summed E-state index contributed by atoms with van der Waals surface area (Å²) in [5.74, 6) is -4.92. The molecule has 0 saturated heterocycles. The zero-order valence-corrected chi connectivity index (χ0v) is 9.14. The fraction of sp³-hybridized carbons (Fsp3) is 0.250. The first-order valence-corrected chi connectivity index (χ1v) is 4.82. The Morgan fingerprint density at radius 3 is 2.24 bits per heavy atom. The molecule has 0 aliphatic heterocycles. The van der Waals surface area contributed by atoms with E-state index < -0.39 is 34.4 Å². The monoisotopic (exact) mass is 244 g/mol. The number of hydrogen-bond donors (Lipinski definition) is 1. The van der Waals surface area contributed by atoms with Gasteiger partial charge in [-0.25, -0.2) is 13.2 Å². The van der Waals surface area contributed by atoms with Crippen LogP contribution in [0, 0.1) is 17.5 Å². The van der Waals surface area contributed by atoms with Crippen molar-refractivity contribution < 1.29 is 23.1 Å². The molecule has 1 aromatic carbocycles. The molecule has 17 heavy (non-hydrogen) atoms. The number of rotatable bonds is 4. The number of aliphatic carboxylic acids is 1. The molecule has 1 atom stereocenters. The second-order valence-electron chi connectivity index (χ2n) is 3.87. The van der Waals surface area contributed by atoms with Crippen LogP contribution in [0.2, 0.25) is 0 Å². The van der Waals surface area contributed by atoms with Crippen LogP contribution in [0.4, 0.5) is 13.2 Å². The first kappa shape index (κ1) is 13.3. The van der Waals surface area contributed by atoms with Crippen molar-refractivity contribution in [1.82, 2.24) is 0 Å². The van der Waals surface area contributed by atoms with Gasteiger partial charge in [0.05, 0.1) is 5.41 Å². The summed E-state index contributed by atoms with van der Waals surface area (Å²) in [5, 5.41) is 9.06. The van der Waals surface area contributed by atoms with Gasteiger partial charge in [-0.2, -0.15) is 0 Å². The Labute approximate surface area is 96.4 Å². The van der Waals surface area contributed by atoms with E-state index in [0.717, 1.165) is 6.92 Å². The molecule has 0 spiro atoms. The second kappa shape index (κ2) is 4.61.